The Morgan fingerprint density at radius 2 is 1.73 bits per heavy atom. The van der Waals surface area contributed by atoms with Gasteiger partial charge in [-0.2, -0.15) is 0 Å². The maximum Gasteiger partial charge on any atom is -0.00463 e. The Bertz CT molecular complexity index is 205. The summed E-state index contributed by atoms with van der Waals surface area (Å²) in [5.74, 6) is 3.70. The van der Waals surface area contributed by atoms with E-state index in [0.717, 1.165) is 24.3 Å². The molecule has 0 aromatic carbocycles. The van der Waals surface area contributed by atoms with Crippen molar-refractivity contribution >= 4 is 0 Å². The Balaban J connectivity index is 2.07. The van der Waals surface area contributed by atoms with Crippen LogP contribution < -0.4 is 5.73 Å². The van der Waals surface area contributed by atoms with E-state index in [2.05, 4.69) is 20.8 Å². The van der Waals surface area contributed by atoms with Crippen LogP contribution in [0.15, 0.2) is 0 Å². The Morgan fingerprint density at radius 1 is 1.20 bits per heavy atom. The van der Waals surface area contributed by atoms with Crippen molar-refractivity contribution in [3.8, 4) is 0 Å². The molecular weight excluding hydrogens is 182 g/mol. The summed E-state index contributed by atoms with van der Waals surface area (Å²) in [6.07, 6.45) is 7.34. The van der Waals surface area contributed by atoms with E-state index in [1.807, 2.05) is 0 Å². The van der Waals surface area contributed by atoms with E-state index in [0.29, 0.717) is 11.3 Å². The molecule has 0 spiro atoms. The van der Waals surface area contributed by atoms with Gasteiger partial charge in [-0.3, -0.25) is 0 Å². The minimum absolute atomic E-state index is 0.544. The van der Waals surface area contributed by atoms with Crippen molar-refractivity contribution in [1.82, 2.24) is 0 Å². The molecule has 0 radical (unpaired) electrons. The highest BCUT2D eigenvalue weighted by molar-refractivity contribution is 4.93. The monoisotopic (exact) mass is 209 g/mol. The third-order valence-corrected chi connectivity index (χ3v) is 5.19. The Kier molecular flexibility index (Phi) is 3.12. The van der Waals surface area contributed by atoms with Gasteiger partial charge < -0.3 is 5.73 Å². The average Bonchev–Trinajstić information content (AvgIpc) is 2.14. The lowest BCUT2D eigenvalue weighted by Gasteiger charge is -2.49. The van der Waals surface area contributed by atoms with Gasteiger partial charge in [-0.15, -0.1) is 0 Å². The lowest BCUT2D eigenvalue weighted by molar-refractivity contribution is 0.0135. The second-order valence-corrected chi connectivity index (χ2v) is 6.74. The van der Waals surface area contributed by atoms with Crippen molar-refractivity contribution in [3.63, 3.8) is 0 Å². The van der Waals surface area contributed by atoms with E-state index < -0.39 is 0 Å². The van der Waals surface area contributed by atoms with Gasteiger partial charge in [-0.1, -0.05) is 20.8 Å². The van der Waals surface area contributed by atoms with Crippen molar-refractivity contribution in [2.45, 2.75) is 52.9 Å². The number of hydrogen-bond donors (Lipinski definition) is 1. The molecule has 0 aromatic heterocycles. The van der Waals surface area contributed by atoms with Crippen LogP contribution in [0.4, 0.5) is 0 Å². The van der Waals surface area contributed by atoms with E-state index in [1.165, 1.54) is 32.1 Å². The molecule has 1 heteroatoms. The first-order valence-corrected chi connectivity index (χ1v) is 6.73. The molecule has 0 aromatic rings. The van der Waals surface area contributed by atoms with E-state index in [1.54, 1.807) is 0 Å². The van der Waals surface area contributed by atoms with Crippen LogP contribution in [0, 0.1) is 29.1 Å². The van der Waals surface area contributed by atoms with E-state index in [9.17, 15) is 0 Å². The minimum Gasteiger partial charge on any atom is -0.330 e. The lowest BCUT2D eigenvalue weighted by atomic mass is 9.56. The second-order valence-electron chi connectivity index (χ2n) is 6.74. The molecule has 2 N–H and O–H groups in total. The topological polar surface area (TPSA) is 26.0 Å². The van der Waals surface area contributed by atoms with Crippen molar-refractivity contribution in [2.24, 2.45) is 34.8 Å². The summed E-state index contributed by atoms with van der Waals surface area (Å²) >= 11 is 0. The van der Waals surface area contributed by atoms with Gasteiger partial charge in [-0.05, 0) is 67.7 Å². The van der Waals surface area contributed by atoms with Gasteiger partial charge in [0.15, 0.2) is 0 Å². The predicted molar refractivity (Wildman–Crippen MR) is 65.6 cm³/mol. The van der Waals surface area contributed by atoms with Gasteiger partial charge in [0.2, 0.25) is 0 Å². The molecule has 0 saturated heterocycles. The quantitative estimate of drug-likeness (QED) is 0.741. The lowest BCUT2D eigenvalue weighted by Crippen LogP contribution is -2.41. The third-order valence-electron chi connectivity index (χ3n) is 5.19. The van der Waals surface area contributed by atoms with E-state index in [4.69, 9.17) is 5.73 Å². The van der Waals surface area contributed by atoms with Gasteiger partial charge in [0.05, 0.1) is 0 Å². The number of hydrogen-bond acceptors (Lipinski definition) is 1. The highest BCUT2D eigenvalue weighted by Gasteiger charge is 2.42. The van der Waals surface area contributed by atoms with E-state index in [-0.39, 0.29) is 0 Å². The van der Waals surface area contributed by atoms with Crippen molar-refractivity contribution in [3.05, 3.63) is 0 Å². The normalized spacial score (nSPS) is 47.6. The highest BCUT2D eigenvalue weighted by Crippen LogP contribution is 2.52. The van der Waals surface area contributed by atoms with Crippen LogP contribution in [-0.2, 0) is 0 Å². The van der Waals surface area contributed by atoms with Crippen LogP contribution in [0.1, 0.15) is 52.9 Å². The second kappa shape index (κ2) is 4.08. The number of rotatable bonds is 2. The largest absolute Gasteiger partial charge is 0.330 e. The summed E-state index contributed by atoms with van der Waals surface area (Å²) in [5, 5.41) is 0. The SMILES string of the molecule is CC1CC2CC(C1)CC(C)(C(C)CN)C2. The van der Waals surface area contributed by atoms with Crippen LogP contribution in [0.5, 0.6) is 0 Å². The Hall–Kier alpha value is -0.0400. The first-order valence-electron chi connectivity index (χ1n) is 6.73. The Labute approximate surface area is 94.8 Å². The molecule has 0 aliphatic heterocycles. The van der Waals surface area contributed by atoms with Gasteiger partial charge in [0, 0.05) is 0 Å². The zero-order chi connectivity index (χ0) is 11.1. The summed E-state index contributed by atoms with van der Waals surface area (Å²) in [4.78, 5) is 0. The van der Waals surface area contributed by atoms with Crippen LogP contribution in [0.2, 0.25) is 0 Å². The van der Waals surface area contributed by atoms with Crippen LogP contribution in [-0.4, -0.2) is 6.54 Å². The molecule has 2 aliphatic carbocycles. The smallest absolute Gasteiger partial charge is 0.00463 e. The van der Waals surface area contributed by atoms with Crippen molar-refractivity contribution in [1.29, 1.82) is 0 Å². The first-order chi connectivity index (χ1) is 7.03. The Morgan fingerprint density at radius 3 is 2.20 bits per heavy atom. The maximum atomic E-state index is 5.87. The molecule has 88 valence electrons. The van der Waals surface area contributed by atoms with Crippen molar-refractivity contribution in [2.75, 3.05) is 6.54 Å². The van der Waals surface area contributed by atoms with Gasteiger partial charge >= 0.3 is 0 Å². The third kappa shape index (κ3) is 2.22. The molecule has 2 aliphatic rings. The van der Waals surface area contributed by atoms with Gasteiger partial charge in [0.1, 0.15) is 0 Å². The first kappa shape index (κ1) is 11.4. The minimum atomic E-state index is 0.544. The average molecular weight is 209 g/mol. The van der Waals surface area contributed by atoms with E-state index >= 15 is 0 Å². The molecule has 0 heterocycles. The van der Waals surface area contributed by atoms with Crippen LogP contribution in [0.25, 0.3) is 0 Å². The molecule has 2 rings (SSSR count). The molecule has 15 heavy (non-hydrogen) atoms. The van der Waals surface area contributed by atoms with Gasteiger partial charge in [0.25, 0.3) is 0 Å². The fourth-order valence-electron chi connectivity index (χ4n) is 4.32. The molecule has 3 unspecified atom stereocenters. The molecular formula is C14H27N. The van der Waals surface area contributed by atoms with Gasteiger partial charge in [-0.25, -0.2) is 0 Å². The summed E-state index contributed by atoms with van der Waals surface area (Å²) in [5.41, 5.74) is 6.41. The zero-order valence-corrected chi connectivity index (χ0v) is 10.6. The number of nitrogens with two attached hydrogens (primary N) is 1. The predicted octanol–water partition coefficient (Wildman–Crippen LogP) is 3.43. The summed E-state index contributed by atoms with van der Waals surface area (Å²) in [6, 6.07) is 0. The van der Waals surface area contributed by atoms with Crippen molar-refractivity contribution < 1.29 is 0 Å². The highest BCUT2D eigenvalue weighted by atomic mass is 14.6. The number of fused-ring (bicyclic) bond motifs is 2. The summed E-state index contributed by atoms with van der Waals surface area (Å²) in [6.45, 7) is 8.14. The molecule has 2 saturated carbocycles. The fraction of sp³-hybridized carbons (Fsp3) is 1.00. The van der Waals surface area contributed by atoms with Crippen LogP contribution >= 0.6 is 0 Å². The molecule has 1 nitrogen and oxygen atoms in total. The molecule has 3 atom stereocenters. The summed E-state index contributed by atoms with van der Waals surface area (Å²) in [7, 11) is 0. The molecule has 2 bridgehead atoms. The molecule has 2 fully saturated rings. The zero-order valence-electron chi connectivity index (χ0n) is 10.6. The standard InChI is InChI=1S/C14H27N/c1-10-4-12-6-13(5-10)8-14(3,7-12)11(2)9-15/h10-13H,4-9,15H2,1-3H3. The summed E-state index contributed by atoms with van der Waals surface area (Å²) < 4.78 is 0. The molecule has 0 amide bonds. The van der Waals surface area contributed by atoms with Crippen LogP contribution in [0.3, 0.4) is 0 Å². The maximum absolute atomic E-state index is 5.87. The fourth-order valence-corrected chi connectivity index (χ4v) is 4.32.